The molecule has 29 heavy (non-hydrogen) atoms. The molecule has 2 aromatic carbocycles. The van der Waals surface area contributed by atoms with Gasteiger partial charge in [-0.1, -0.05) is 36.4 Å². The van der Waals surface area contributed by atoms with Gasteiger partial charge in [-0.05, 0) is 41.1 Å². The van der Waals surface area contributed by atoms with E-state index in [-0.39, 0.29) is 0 Å². The molecule has 0 aliphatic carbocycles. The van der Waals surface area contributed by atoms with Crippen molar-refractivity contribution >= 4 is 23.5 Å². The van der Waals surface area contributed by atoms with Crippen LogP contribution in [-0.2, 0) is 15.1 Å². The van der Waals surface area contributed by atoms with Gasteiger partial charge in [-0.2, -0.15) is 0 Å². The Kier molecular flexibility index (Phi) is 4.51. The van der Waals surface area contributed by atoms with Crippen LogP contribution in [0.4, 0.5) is 10.5 Å². The van der Waals surface area contributed by atoms with Crippen LogP contribution >= 0.6 is 0 Å². The highest BCUT2D eigenvalue weighted by atomic mass is 16.2. The molecule has 4 rings (SSSR count). The summed E-state index contributed by atoms with van der Waals surface area (Å²) in [6.07, 6.45) is 1.43. The molecule has 1 aromatic heterocycles. The fourth-order valence-corrected chi connectivity index (χ4v) is 3.16. The summed E-state index contributed by atoms with van der Waals surface area (Å²) in [7, 11) is 0. The van der Waals surface area contributed by atoms with Crippen LogP contribution in [0.5, 0.6) is 0 Å². The van der Waals surface area contributed by atoms with E-state index in [2.05, 4.69) is 26.2 Å². The minimum atomic E-state index is -1.21. The van der Waals surface area contributed by atoms with Crippen molar-refractivity contribution in [3.05, 3.63) is 66.5 Å². The first-order chi connectivity index (χ1) is 14.0. The average molecular weight is 391 g/mol. The van der Waals surface area contributed by atoms with Gasteiger partial charge < -0.3 is 10.6 Å². The average Bonchev–Trinajstić information content (AvgIpc) is 3.33. The van der Waals surface area contributed by atoms with Crippen molar-refractivity contribution < 1.29 is 14.4 Å². The molecule has 1 aliphatic heterocycles. The minimum Gasteiger partial charge on any atom is -0.324 e. The number of nitrogens with zero attached hydrogens (tertiary/aromatic N) is 5. The van der Waals surface area contributed by atoms with E-state index in [1.54, 1.807) is 55.5 Å². The Morgan fingerprint density at radius 1 is 1.14 bits per heavy atom. The molecular formula is C19H17N7O3. The molecule has 0 bridgehead atoms. The van der Waals surface area contributed by atoms with Crippen molar-refractivity contribution in [2.45, 2.75) is 12.5 Å². The molecule has 0 spiro atoms. The van der Waals surface area contributed by atoms with Gasteiger partial charge in [-0.3, -0.25) is 14.5 Å². The summed E-state index contributed by atoms with van der Waals surface area (Å²) < 4.78 is 1.44. The lowest BCUT2D eigenvalue weighted by atomic mass is 9.92. The van der Waals surface area contributed by atoms with Crippen molar-refractivity contribution in [2.24, 2.45) is 0 Å². The molecule has 1 fully saturated rings. The first-order valence-electron chi connectivity index (χ1n) is 8.80. The number of benzene rings is 2. The summed E-state index contributed by atoms with van der Waals surface area (Å²) in [5.41, 5.74) is 0.578. The Hall–Kier alpha value is -4.08. The third-order valence-corrected chi connectivity index (χ3v) is 4.67. The first kappa shape index (κ1) is 18.3. The van der Waals surface area contributed by atoms with E-state index < -0.39 is 29.9 Å². The van der Waals surface area contributed by atoms with Crippen molar-refractivity contribution in [3.8, 4) is 5.69 Å². The molecule has 3 aromatic rings. The Morgan fingerprint density at radius 3 is 2.66 bits per heavy atom. The number of aromatic nitrogens is 4. The lowest BCUT2D eigenvalue weighted by Crippen LogP contribution is -2.42. The number of amides is 4. The Labute approximate surface area is 165 Å². The zero-order valence-electron chi connectivity index (χ0n) is 15.4. The van der Waals surface area contributed by atoms with Gasteiger partial charge in [0.2, 0.25) is 5.91 Å². The smallest absolute Gasteiger partial charge is 0.324 e. The maximum absolute atomic E-state index is 12.9. The largest absolute Gasteiger partial charge is 0.325 e. The molecular weight excluding hydrogens is 374 g/mol. The van der Waals surface area contributed by atoms with Gasteiger partial charge in [0.25, 0.3) is 5.91 Å². The third-order valence-electron chi connectivity index (χ3n) is 4.67. The first-order valence-corrected chi connectivity index (χ1v) is 8.80. The summed E-state index contributed by atoms with van der Waals surface area (Å²) in [5.74, 6) is -0.981. The Bertz CT molecular complexity index is 1070. The van der Waals surface area contributed by atoms with Gasteiger partial charge in [-0.15, -0.1) is 5.10 Å². The Morgan fingerprint density at radius 2 is 1.93 bits per heavy atom. The number of imide groups is 1. The maximum atomic E-state index is 12.9. The number of hydrogen-bond acceptors (Lipinski definition) is 6. The number of urea groups is 1. The van der Waals surface area contributed by atoms with Crippen LogP contribution in [0.15, 0.2) is 60.9 Å². The second-order valence-electron chi connectivity index (χ2n) is 6.67. The van der Waals surface area contributed by atoms with Crippen LogP contribution in [0, 0.1) is 0 Å². The summed E-state index contributed by atoms with van der Waals surface area (Å²) in [5, 5.41) is 16.3. The maximum Gasteiger partial charge on any atom is 0.325 e. The molecule has 4 amide bonds. The van der Waals surface area contributed by atoms with Crippen LogP contribution in [0.1, 0.15) is 12.5 Å². The van der Waals surface area contributed by atoms with E-state index in [1.165, 1.54) is 11.0 Å². The molecule has 2 N–H and O–H groups in total. The number of nitrogens with one attached hydrogen (secondary N) is 2. The standard InChI is InChI=1S/C19H17N7O3/c1-19(13-6-3-2-4-7-13)17(28)25(18(29)22-19)11-16(27)21-14-8-5-9-15(10-14)26-12-20-23-24-26/h2-10,12H,11H2,1H3,(H,21,27)(H,22,29). The number of anilines is 1. The number of hydrogen-bond donors (Lipinski definition) is 2. The minimum absolute atomic E-state index is 0.401. The third kappa shape index (κ3) is 3.43. The van der Waals surface area contributed by atoms with E-state index in [4.69, 9.17) is 0 Å². The number of rotatable bonds is 5. The van der Waals surface area contributed by atoms with Crippen LogP contribution in [0.3, 0.4) is 0 Å². The van der Waals surface area contributed by atoms with Gasteiger partial charge in [0.1, 0.15) is 18.4 Å². The molecule has 1 aliphatic rings. The quantitative estimate of drug-likeness (QED) is 0.628. The molecule has 10 nitrogen and oxygen atoms in total. The van der Waals surface area contributed by atoms with Crippen molar-refractivity contribution in [2.75, 3.05) is 11.9 Å². The van der Waals surface area contributed by atoms with Crippen molar-refractivity contribution in [1.82, 2.24) is 30.4 Å². The fraction of sp³-hybridized carbons (Fsp3) is 0.158. The lowest BCUT2D eigenvalue weighted by Gasteiger charge is -2.22. The SMILES string of the molecule is CC1(c2ccccc2)NC(=O)N(CC(=O)Nc2cccc(-n3cnnn3)c2)C1=O. The van der Waals surface area contributed by atoms with Gasteiger partial charge in [0.05, 0.1) is 5.69 Å². The highest BCUT2D eigenvalue weighted by molar-refractivity contribution is 6.10. The molecule has 10 heteroatoms. The number of carbonyl (C=O) groups excluding carboxylic acids is 3. The molecule has 146 valence electrons. The predicted molar refractivity (Wildman–Crippen MR) is 102 cm³/mol. The van der Waals surface area contributed by atoms with E-state index in [9.17, 15) is 14.4 Å². The van der Waals surface area contributed by atoms with Crippen LogP contribution in [0.2, 0.25) is 0 Å². The molecule has 1 atom stereocenters. The molecule has 1 unspecified atom stereocenters. The molecule has 1 saturated heterocycles. The van der Waals surface area contributed by atoms with Crippen molar-refractivity contribution in [3.63, 3.8) is 0 Å². The fourth-order valence-electron chi connectivity index (χ4n) is 3.16. The van der Waals surface area contributed by atoms with E-state index >= 15 is 0 Å². The zero-order valence-corrected chi connectivity index (χ0v) is 15.4. The highest BCUT2D eigenvalue weighted by Crippen LogP contribution is 2.28. The molecule has 0 saturated carbocycles. The number of tetrazole rings is 1. The lowest BCUT2D eigenvalue weighted by molar-refractivity contribution is -0.133. The predicted octanol–water partition coefficient (Wildman–Crippen LogP) is 1.07. The summed E-state index contributed by atoms with van der Waals surface area (Å²) >= 11 is 0. The van der Waals surface area contributed by atoms with Crippen LogP contribution in [0.25, 0.3) is 5.69 Å². The topological polar surface area (TPSA) is 122 Å². The number of carbonyl (C=O) groups is 3. The van der Waals surface area contributed by atoms with E-state index in [1.807, 2.05) is 6.07 Å². The van der Waals surface area contributed by atoms with Gasteiger partial charge in [0, 0.05) is 5.69 Å². The second kappa shape index (κ2) is 7.15. The molecule has 0 radical (unpaired) electrons. The Balaban J connectivity index is 1.47. The second-order valence-corrected chi connectivity index (χ2v) is 6.67. The van der Waals surface area contributed by atoms with Gasteiger partial charge in [0.15, 0.2) is 0 Å². The van der Waals surface area contributed by atoms with E-state index in [0.29, 0.717) is 16.9 Å². The van der Waals surface area contributed by atoms with Gasteiger partial charge >= 0.3 is 6.03 Å². The zero-order chi connectivity index (χ0) is 20.4. The summed E-state index contributed by atoms with van der Waals surface area (Å²) in [4.78, 5) is 38.6. The van der Waals surface area contributed by atoms with Crippen molar-refractivity contribution in [1.29, 1.82) is 0 Å². The highest BCUT2D eigenvalue weighted by Gasteiger charge is 2.49. The van der Waals surface area contributed by atoms with Crippen LogP contribution < -0.4 is 10.6 Å². The normalized spacial score (nSPS) is 18.6. The van der Waals surface area contributed by atoms with E-state index in [0.717, 1.165) is 4.90 Å². The van der Waals surface area contributed by atoms with Crippen LogP contribution in [-0.4, -0.2) is 49.5 Å². The summed E-state index contributed by atoms with van der Waals surface area (Å²) in [6, 6.07) is 15.2. The van der Waals surface area contributed by atoms with Gasteiger partial charge in [-0.25, -0.2) is 9.48 Å². The molecule has 2 heterocycles. The summed E-state index contributed by atoms with van der Waals surface area (Å²) in [6.45, 7) is 1.22. The monoisotopic (exact) mass is 391 g/mol.